The van der Waals surface area contributed by atoms with Crippen LogP contribution in [0.15, 0.2) is 11.4 Å². The molecule has 0 saturated heterocycles. The SMILES string of the molecule is COC(=O)c1sccc1CCCS. The van der Waals surface area contributed by atoms with Gasteiger partial charge in [0.1, 0.15) is 4.88 Å². The molecular formula is C9H12O2S2. The van der Waals surface area contributed by atoms with Gasteiger partial charge in [-0.25, -0.2) is 4.79 Å². The maximum absolute atomic E-state index is 11.2. The zero-order valence-electron chi connectivity index (χ0n) is 7.45. The topological polar surface area (TPSA) is 26.3 Å². The molecule has 0 amide bonds. The highest BCUT2D eigenvalue weighted by atomic mass is 32.1. The van der Waals surface area contributed by atoms with Crippen molar-refractivity contribution in [1.82, 2.24) is 0 Å². The lowest BCUT2D eigenvalue weighted by atomic mass is 10.1. The Morgan fingerprint density at radius 3 is 3.08 bits per heavy atom. The van der Waals surface area contributed by atoms with Crippen LogP contribution in [0.5, 0.6) is 0 Å². The highest BCUT2D eigenvalue weighted by Gasteiger charge is 2.12. The first-order chi connectivity index (χ1) is 6.29. The van der Waals surface area contributed by atoms with Crippen LogP contribution in [-0.2, 0) is 11.2 Å². The molecule has 4 heteroatoms. The van der Waals surface area contributed by atoms with E-state index < -0.39 is 0 Å². The summed E-state index contributed by atoms with van der Waals surface area (Å²) < 4.78 is 4.67. The molecule has 0 spiro atoms. The van der Waals surface area contributed by atoms with Gasteiger partial charge in [0.05, 0.1) is 7.11 Å². The largest absolute Gasteiger partial charge is 0.465 e. The molecule has 0 N–H and O–H groups in total. The van der Waals surface area contributed by atoms with E-state index >= 15 is 0 Å². The fourth-order valence-electron chi connectivity index (χ4n) is 1.07. The lowest BCUT2D eigenvalue weighted by molar-refractivity contribution is 0.0605. The number of methoxy groups -OCH3 is 1. The molecule has 2 nitrogen and oxygen atoms in total. The third kappa shape index (κ3) is 2.74. The number of rotatable bonds is 4. The molecule has 1 heterocycles. The van der Waals surface area contributed by atoms with Gasteiger partial charge in [-0.15, -0.1) is 11.3 Å². The van der Waals surface area contributed by atoms with Gasteiger partial charge in [-0.1, -0.05) is 0 Å². The highest BCUT2D eigenvalue weighted by molar-refractivity contribution is 7.80. The van der Waals surface area contributed by atoms with Crippen molar-refractivity contribution in [3.8, 4) is 0 Å². The van der Waals surface area contributed by atoms with Gasteiger partial charge in [-0.3, -0.25) is 0 Å². The molecule has 1 aromatic rings. The molecule has 0 radical (unpaired) electrons. The number of thiophene rings is 1. The smallest absolute Gasteiger partial charge is 0.348 e. The summed E-state index contributed by atoms with van der Waals surface area (Å²) in [7, 11) is 1.41. The van der Waals surface area contributed by atoms with Crippen LogP contribution in [-0.4, -0.2) is 18.8 Å². The van der Waals surface area contributed by atoms with Crippen LogP contribution in [0.4, 0.5) is 0 Å². The van der Waals surface area contributed by atoms with E-state index in [2.05, 4.69) is 17.4 Å². The number of hydrogen-bond acceptors (Lipinski definition) is 4. The van der Waals surface area contributed by atoms with Crippen molar-refractivity contribution in [1.29, 1.82) is 0 Å². The molecule has 1 aromatic heterocycles. The number of thiol groups is 1. The first kappa shape index (κ1) is 10.6. The minimum atomic E-state index is -0.232. The van der Waals surface area contributed by atoms with Crippen LogP contribution >= 0.6 is 24.0 Å². The molecule has 72 valence electrons. The predicted octanol–water partition coefficient (Wildman–Crippen LogP) is 2.40. The molecular weight excluding hydrogens is 204 g/mol. The Labute approximate surface area is 87.3 Å². The highest BCUT2D eigenvalue weighted by Crippen LogP contribution is 2.19. The van der Waals surface area contributed by atoms with E-state index in [-0.39, 0.29) is 5.97 Å². The lowest BCUT2D eigenvalue weighted by Gasteiger charge is -2.00. The van der Waals surface area contributed by atoms with E-state index in [1.807, 2.05) is 11.4 Å². The van der Waals surface area contributed by atoms with Gasteiger partial charge < -0.3 is 4.74 Å². The maximum atomic E-state index is 11.2. The summed E-state index contributed by atoms with van der Waals surface area (Å²) in [6.07, 6.45) is 1.89. The summed E-state index contributed by atoms with van der Waals surface area (Å²) in [5.41, 5.74) is 1.07. The van der Waals surface area contributed by atoms with Gasteiger partial charge in [0.25, 0.3) is 0 Å². The number of ether oxygens (including phenoxy) is 1. The Morgan fingerprint density at radius 1 is 1.69 bits per heavy atom. The van der Waals surface area contributed by atoms with E-state index in [1.165, 1.54) is 18.4 Å². The van der Waals surface area contributed by atoms with Crippen LogP contribution in [0.3, 0.4) is 0 Å². The predicted molar refractivity (Wildman–Crippen MR) is 57.8 cm³/mol. The second-order valence-electron chi connectivity index (χ2n) is 2.59. The van der Waals surface area contributed by atoms with Crippen LogP contribution in [0, 0.1) is 0 Å². The molecule has 0 fully saturated rings. The summed E-state index contributed by atoms with van der Waals surface area (Å²) in [6.45, 7) is 0. The molecule has 0 aliphatic heterocycles. The van der Waals surface area contributed by atoms with Crippen molar-refractivity contribution in [3.63, 3.8) is 0 Å². The molecule has 0 unspecified atom stereocenters. The monoisotopic (exact) mass is 216 g/mol. The van der Waals surface area contributed by atoms with Crippen molar-refractivity contribution in [2.24, 2.45) is 0 Å². The van der Waals surface area contributed by atoms with Gasteiger partial charge in [-0.05, 0) is 35.6 Å². The summed E-state index contributed by atoms with van der Waals surface area (Å²) >= 11 is 5.56. The average molecular weight is 216 g/mol. The Morgan fingerprint density at radius 2 is 2.46 bits per heavy atom. The van der Waals surface area contributed by atoms with Crippen molar-refractivity contribution in [3.05, 3.63) is 21.9 Å². The number of hydrogen-bond donors (Lipinski definition) is 1. The molecule has 1 rings (SSSR count). The second-order valence-corrected chi connectivity index (χ2v) is 3.96. The number of carbonyl (C=O) groups excluding carboxylic acids is 1. The first-order valence-electron chi connectivity index (χ1n) is 4.05. The zero-order valence-corrected chi connectivity index (χ0v) is 9.16. The Bertz CT molecular complexity index is 281. The van der Waals surface area contributed by atoms with Gasteiger partial charge in [0, 0.05) is 0 Å². The van der Waals surface area contributed by atoms with Crippen LogP contribution < -0.4 is 0 Å². The summed E-state index contributed by atoms with van der Waals surface area (Å²) in [5.74, 6) is 0.611. The fraction of sp³-hybridized carbons (Fsp3) is 0.444. The van der Waals surface area contributed by atoms with Crippen molar-refractivity contribution in [2.75, 3.05) is 12.9 Å². The third-order valence-electron chi connectivity index (χ3n) is 1.72. The van der Waals surface area contributed by atoms with Gasteiger partial charge in [0.15, 0.2) is 0 Å². The normalized spacial score (nSPS) is 10.0. The molecule has 0 bridgehead atoms. The minimum Gasteiger partial charge on any atom is -0.465 e. The second kappa shape index (κ2) is 5.29. The quantitative estimate of drug-likeness (QED) is 0.618. The summed E-state index contributed by atoms with van der Waals surface area (Å²) in [4.78, 5) is 12.0. The summed E-state index contributed by atoms with van der Waals surface area (Å²) in [6, 6.07) is 1.97. The standard InChI is InChI=1S/C9H12O2S2/c1-11-9(10)8-7(3-2-5-12)4-6-13-8/h4,6,12H,2-3,5H2,1H3. The van der Waals surface area contributed by atoms with Crippen LogP contribution in [0.1, 0.15) is 21.7 Å². The number of carbonyl (C=O) groups is 1. The van der Waals surface area contributed by atoms with Crippen LogP contribution in [0.25, 0.3) is 0 Å². The van der Waals surface area contributed by atoms with Crippen molar-refractivity contribution < 1.29 is 9.53 Å². The average Bonchev–Trinajstić information content (AvgIpc) is 2.61. The molecule has 13 heavy (non-hydrogen) atoms. The van der Waals surface area contributed by atoms with E-state index in [4.69, 9.17) is 0 Å². The maximum Gasteiger partial charge on any atom is 0.348 e. The van der Waals surface area contributed by atoms with Crippen molar-refractivity contribution in [2.45, 2.75) is 12.8 Å². The number of esters is 1. The van der Waals surface area contributed by atoms with E-state index in [0.29, 0.717) is 0 Å². The molecule has 0 saturated carbocycles. The first-order valence-corrected chi connectivity index (χ1v) is 5.56. The Kier molecular flexibility index (Phi) is 4.32. The van der Waals surface area contributed by atoms with Gasteiger partial charge in [0.2, 0.25) is 0 Å². The van der Waals surface area contributed by atoms with E-state index in [0.717, 1.165) is 29.0 Å². The molecule has 0 aliphatic carbocycles. The van der Waals surface area contributed by atoms with Gasteiger partial charge in [-0.2, -0.15) is 12.6 Å². The van der Waals surface area contributed by atoms with E-state index in [1.54, 1.807) is 0 Å². The Balaban J connectivity index is 2.71. The summed E-state index contributed by atoms with van der Waals surface area (Å²) in [5, 5.41) is 1.92. The lowest BCUT2D eigenvalue weighted by Crippen LogP contribution is -2.01. The molecule has 0 aromatic carbocycles. The van der Waals surface area contributed by atoms with E-state index in [9.17, 15) is 4.79 Å². The Hall–Kier alpha value is -0.480. The van der Waals surface area contributed by atoms with Gasteiger partial charge >= 0.3 is 5.97 Å². The molecule has 0 atom stereocenters. The number of aryl methyl sites for hydroxylation is 1. The van der Waals surface area contributed by atoms with Crippen molar-refractivity contribution >= 4 is 29.9 Å². The third-order valence-corrected chi connectivity index (χ3v) is 2.97. The van der Waals surface area contributed by atoms with Crippen LogP contribution in [0.2, 0.25) is 0 Å². The minimum absolute atomic E-state index is 0.232. The molecule has 0 aliphatic rings. The zero-order chi connectivity index (χ0) is 9.68. The fourth-order valence-corrected chi connectivity index (χ4v) is 2.10.